The van der Waals surface area contributed by atoms with Crippen LogP contribution in [0.1, 0.15) is 39.5 Å². The second kappa shape index (κ2) is 13.8. The molecule has 0 saturated heterocycles. The molecule has 0 spiro atoms. The topological polar surface area (TPSA) is 78.3 Å². The van der Waals surface area contributed by atoms with Crippen LogP contribution in [0, 0.1) is 0 Å². The van der Waals surface area contributed by atoms with Crippen LogP contribution in [0.3, 0.4) is 0 Å². The van der Waals surface area contributed by atoms with Gasteiger partial charge in [-0.2, -0.15) is 0 Å². The minimum atomic E-state index is -0.833. The zero-order chi connectivity index (χ0) is 10.5. The molecule has 0 saturated carbocycles. The van der Waals surface area contributed by atoms with E-state index in [0.717, 1.165) is 13.2 Å². The predicted octanol–water partition coefficient (Wildman–Crippen LogP) is 1.63. The first-order valence-electron chi connectivity index (χ1n) is 4.77. The Labute approximate surface area is 80.6 Å². The first-order chi connectivity index (χ1) is 6.15. The molecular formula is C9H22N2O2. The van der Waals surface area contributed by atoms with Crippen LogP contribution >= 0.6 is 0 Å². The number of amides is 2. The summed E-state index contributed by atoms with van der Waals surface area (Å²) in [7, 11) is 0. The van der Waals surface area contributed by atoms with Gasteiger partial charge in [0.15, 0.2) is 0 Å². The first kappa shape index (κ1) is 14.7. The van der Waals surface area contributed by atoms with Crippen molar-refractivity contribution in [3.8, 4) is 0 Å². The number of primary amides is 2. The highest BCUT2D eigenvalue weighted by molar-refractivity contribution is 5.69. The SMILES string of the molecule is CCCCOCCCC.NC(N)=O. The van der Waals surface area contributed by atoms with Gasteiger partial charge >= 0.3 is 6.03 Å². The van der Waals surface area contributed by atoms with Crippen LogP contribution < -0.4 is 11.5 Å². The van der Waals surface area contributed by atoms with Gasteiger partial charge in [0.2, 0.25) is 0 Å². The molecule has 0 aromatic rings. The van der Waals surface area contributed by atoms with Gasteiger partial charge in [0.05, 0.1) is 0 Å². The molecule has 0 aromatic heterocycles. The number of unbranched alkanes of at least 4 members (excludes halogenated alkanes) is 2. The smallest absolute Gasteiger partial charge is 0.309 e. The van der Waals surface area contributed by atoms with Crippen molar-refractivity contribution in [3.63, 3.8) is 0 Å². The zero-order valence-corrected chi connectivity index (χ0v) is 8.71. The number of rotatable bonds is 6. The molecular weight excluding hydrogens is 168 g/mol. The Bertz CT molecular complexity index is 97.8. The van der Waals surface area contributed by atoms with Crippen molar-refractivity contribution in [2.45, 2.75) is 39.5 Å². The van der Waals surface area contributed by atoms with Crippen LogP contribution in [-0.2, 0) is 4.74 Å². The van der Waals surface area contributed by atoms with E-state index in [2.05, 4.69) is 25.3 Å². The number of hydrogen-bond acceptors (Lipinski definition) is 2. The minimum Gasteiger partial charge on any atom is -0.381 e. The van der Waals surface area contributed by atoms with Crippen molar-refractivity contribution >= 4 is 6.03 Å². The van der Waals surface area contributed by atoms with Crippen LogP contribution in [-0.4, -0.2) is 19.2 Å². The summed E-state index contributed by atoms with van der Waals surface area (Å²) in [6.07, 6.45) is 4.91. The van der Waals surface area contributed by atoms with Crippen LogP contribution in [0.2, 0.25) is 0 Å². The number of urea groups is 1. The van der Waals surface area contributed by atoms with Crippen molar-refractivity contribution in [3.05, 3.63) is 0 Å². The number of ether oxygens (including phenoxy) is 1. The van der Waals surface area contributed by atoms with E-state index < -0.39 is 6.03 Å². The number of carbonyl (C=O) groups is 1. The fraction of sp³-hybridized carbons (Fsp3) is 0.889. The van der Waals surface area contributed by atoms with Gasteiger partial charge < -0.3 is 16.2 Å². The molecule has 0 bridgehead atoms. The van der Waals surface area contributed by atoms with Crippen LogP contribution in [0.25, 0.3) is 0 Å². The van der Waals surface area contributed by atoms with Crippen LogP contribution in [0.15, 0.2) is 0 Å². The standard InChI is InChI=1S/C8H18O.CH4N2O/c1-3-5-7-9-8-6-4-2;2-1(3)4/h3-8H2,1-2H3;(H4,2,3,4). The molecule has 4 N–H and O–H groups in total. The maximum absolute atomic E-state index is 9.00. The quantitative estimate of drug-likeness (QED) is 0.624. The normalized spacial score (nSPS) is 8.77. The van der Waals surface area contributed by atoms with Crippen LogP contribution in [0.4, 0.5) is 4.79 Å². The summed E-state index contributed by atoms with van der Waals surface area (Å²) in [6.45, 7) is 6.28. The van der Waals surface area contributed by atoms with Gasteiger partial charge in [-0.3, -0.25) is 0 Å². The molecule has 2 amide bonds. The molecule has 0 atom stereocenters. The Kier molecular flexibility index (Phi) is 15.6. The van der Waals surface area contributed by atoms with Gasteiger partial charge in [-0.15, -0.1) is 0 Å². The predicted molar refractivity (Wildman–Crippen MR) is 54.4 cm³/mol. The molecule has 4 nitrogen and oxygen atoms in total. The van der Waals surface area contributed by atoms with Crippen molar-refractivity contribution in [1.82, 2.24) is 0 Å². The van der Waals surface area contributed by atoms with Gasteiger partial charge in [0, 0.05) is 13.2 Å². The third kappa shape index (κ3) is 35.0. The Morgan fingerprint density at radius 2 is 1.38 bits per heavy atom. The molecule has 80 valence electrons. The van der Waals surface area contributed by atoms with Gasteiger partial charge in [-0.25, -0.2) is 4.79 Å². The Morgan fingerprint density at radius 1 is 1.08 bits per heavy atom. The van der Waals surface area contributed by atoms with E-state index in [1.54, 1.807) is 0 Å². The Hall–Kier alpha value is -0.770. The van der Waals surface area contributed by atoms with E-state index in [9.17, 15) is 0 Å². The molecule has 0 aromatic carbocycles. The van der Waals surface area contributed by atoms with Crippen LogP contribution in [0.5, 0.6) is 0 Å². The molecule has 0 aliphatic carbocycles. The molecule has 4 heteroatoms. The van der Waals surface area contributed by atoms with E-state index >= 15 is 0 Å². The fourth-order valence-electron chi connectivity index (χ4n) is 0.595. The molecule has 0 heterocycles. The second-order valence-electron chi connectivity index (χ2n) is 2.72. The molecule has 0 aliphatic rings. The maximum atomic E-state index is 9.00. The van der Waals surface area contributed by atoms with Crippen molar-refractivity contribution in [2.24, 2.45) is 11.5 Å². The largest absolute Gasteiger partial charge is 0.381 e. The lowest BCUT2D eigenvalue weighted by molar-refractivity contribution is 0.128. The lowest BCUT2D eigenvalue weighted by Gasteiger charge is -1.99. The van der Waals surface area contributed by atoms with E-state index in [-0.39, 0.29) is 0 Å². The van der Waals surface area contributed by atoms with E-state index in [4.69, 9.17) is 9.53 Å². The Balaban J connectivity index is 0. The van der Waals surface area contributed by atoms with Crippen molar-refractivity contribution in [1.29, 1.82) is 0 Å². The summed E-state index contributed by atoms with van der Waals surface area (Å²) >= 11 is 0. The van der Waals surface area contributed by atoms with Crippen molar-refractivity contribution in [2.75, 3.05) is 13.2 Å². The average Bonchev–Trinajstić information content (AvgIpc) is 2.03. The lowest BCUT2D eigenvalue weighted by Crippen LogP contribution is -2.18. The average molecular weight is 190 g/mol. The summed E-state index contributed by atoms with van der Waals surface area (Å²) in [5.74, 6) is 0. The molecule has 0 fully saturated rings. The van der Waals surface area contributed by atoms with Gasteiger partial charge in [-0.05, 0) is 12.8 Å². The first-order valence-corrected chi connectivity index (χ1v) is 4.77. The van der Waals surface area contributed by atoms with Gasteiger partial charge in [0.1, 0.15) is 0 Å². The number of hydrogen-bond donors (Lipinski definition) is 2. The van der Waals surface area contributed by atoms with Gasteiger partial charge in [-0.1, -0.05) is 26.7 Å². The van der Waals surface area contributed by atoms with E-state index in [0.29, 0.717) is 0 Å². The third-order valence-corrected chi connectivity index (χ3v) is 1.28. The summed E-state index contributed by atoms with van der Waals surface area (Å²) in [6, 6.07) is -0.833. The molecule has 0 aliphatic heterocycles. The molecule has 13 heavy (non-hydrogen) atoms. The van der Waals surface area contributed by atoms with Gasteiger partial charge in [0.25, 0.3) is 0 Å². The Morgan fingerprint density at radius 3 is 1.62 bits per heavy atom. The van der Waals surface area contributed by atoms with Crippen molar-refractivity contribution < 1.29 is 9.53 Å². The maximum Gasteiger partial charge on any atom is 0.309 e. The molecule has 0 radical (unpaired) electrons. The fourth-order valence-corrected chi connectivity index (χ4v) is 0.595. The number of carbonyl (C=O) groups excluding carboxylic acids is 1. The zero-order valence-electron chi connectivity index (χ0n) is 8.71. The molecule has 0 rings (SSSR count). The monoisotopic (exact) mass is 190 g/mol. The molecule has 0 unspecified atom stereocenters. The van der Waals surface area contributed by atoms with E-state index in [1.807, 2.05) is 0 Å². The summed E-state index contributed by atoms with van der Waals surface area (Å²) in [5, 5.41) is 0. The summed E-state index contributed by atoms with van der Waals surface area (Å²) < 4.78 is 5.31. The lowest BCUT2D eigenvalue weighted by atomic mass is 10.3. The summed E-state index contributed by atoms with van der Waals surface area (Å²) in [5.41, 5.74) is 8.50. The number of nitrogens with two attached hydrogens (primary N) is 2. The highest BCUT2D eigenvalue weighted by Crippen LogP contribution is 1.91. The summed E-state index contributed by atoms with van der Waals surface area (Å²) in [4.78, 5) is 9.00. The second-order valence-corrected chi connectivity index (χ2v) is 2.72. The minimum absolute atomic E-state index is 0.833. The highest BCUT2D eigenvalue weighted by atomic mass is 16.5. The van der Waals surface area contributed by atoms with E-state index in [1.165, 1.54) is 25.7 Å². The highest BCUT2D eigenvalue weighted by Gasteiger charge is 1.84. The third-order valence-electron chi connectivity index (χ3n) is 1.28.